The Morgan fingerprint density at radius 1 is 0.559 bits per heavy atom. The third-order valence-electron chi connectivity index (χ3n) is 5.66. The molecule has 0 aliphatic heterocycles. The third kappa shape index (κ3) is 5.07. The van der Waals surface area contributed by atoms with Gasteiger partial charge in [-0.25, -0.2) is 0 Å². The fourth-order valence-corrected chi connectivity index (χ4v) is 3.98. The summed E-state index contributed by atoms with van der Waals surface area (Å²) in [6.07, 6.45) is 2.88. The number of unbranched alkanes of at least 4 members (excludes halogenated alkanes) is 1. The Labute approximate surface area is 201 Å². The highest BCUT2D eigenvalue weighted by Crippen LogP contribution is 2.32. The van der Waals surface area contributed by atoms with Crippen molar-refractivity contribution >= 4 is 34.6 Å². The standard InChI is InChI=1S/C30H28N2O2/c1-2-3-15-24-16-13-14-23-28(24)32(27-21-11-6-12-22-27)30(34)29(33)31(25-17-7-4-8-18-25)26-19-9-5-10-20-26/h4-14,16-23H,2-3,15H2,1H3. The Morgan fingerprint density at radius 2 is 0.971 bits per heavy atom. The van der Waals surface area contributed by atoms with Gasteiger partial charge in [-0.2, -0.15) is 0 Å². The van der Waals surface area contributed by atoms with E-state index in [2.05, 4.69) is 6.92 Å². The van der Waals surface area contributed by atoms with Gasteiger partial charge in [0.15, 0.2) is 0 Å². The molecule has 0 heterocycles. The minimum atomic E-state index is -0.619. The van der Waals surface area contributed by atoms with Crippen molar-refractivity contribution in [1.82, 2.24) is 0 Å². The van der Waals surface area contributed by atoms with E-state index < -0.39 is 11.8 Å². The van der Waals surface area contributed by atoms with Crippen LogP contribution in [0.15, 0.2) is 115 Å². The molecular formula is C30H28N2O2. The summed E-state index contributed by atoms with van der Waals surface area (Å²) in [6.45, 7) is 2.14. The number of rotatable bonds is 7. The average Bonchev–Trinajstić information content (AvgIpc) is 2.90. The number of para-hydroxylation sites is 4. The highest BCUT2D eigenvalue weighted by Gasteiger charge is 2.32. The van der Waals surface area contributed by atoms with E-state index in [1.54, 1.807) is 4.90 Å². The van der Waals surface area contributed by atoms with Gasteiger partial charge in [-0.1, -0.05) is 86.1 Å². The number of anilines is 4. The lowest BCUT2D eigenvalue weighted by atomic mass is 10.0. The van der Waals surface area contributed by atoms with Gasteiger partial charge in [-0.05, 0) is 60.9 Å². The molecule has 4 aromatic rings. The highest BCUT2D eigenvalue weighted by atomic mass is 16.2. The first kappa shape index (κ1) is 23.0. The number of benzene rings is 4. The minimum absolute atomic E-state index is 0.608. The zero-order chi connectivity index (χ0) is 23.8. The van der Waals surface area contributed by atoms with E-state index in [1.165, 1.54) is 4.90 Å². The molecule has 0 saturated carbocycles. The first-order valence-electron chi connectivity index (χ1n) is 11.6. The minimum Gasteiger partial charge on any atom is -0.273 e. The summed E-state index contributed by atoms with van der Waals surface area (Å²) < 4.78 is 0. The quantitative estimate of drug-likeness (QED) is 0.284. The Balaban J connectivity index is 1.81. The molecule has 0 saturated heterocycles. The van der Waals surface area contributed by atoms with Gasteiger partial charge >= 0.3 is 11.8 Å². The third-order valence-corrected chi connectivity index (χ3v) is 5.66. The maximum Gasteiger partial charge on any atom is 0.321 e. The van der Waals surface area contributed by atoms with Crippen molar-refractivity contribution in [3.63, 3.8) is 0 Å². The summed E-state index contributed by atoms with van der Waals surface area (Å²) in [5.74, 6) is -1.23. The molecule has 0 aliphatic rings. The summed E-state index contributed by atoms with van der Waals surface area (Å²) in [6, 6.07) is 35.7. The summed E-state index contributed by atoms with van der Waals surface area (Å²) in [5, 5.41) is 0. The van der Waals surface area contributed by atoms with Gasteiger partial charge in [0, 0.05) is 17.1 Å². The monoisotopic (exact) mass is 448 g/mol. The van der Waals surface area contributed by atoms with Crippen LogP contribution in [0.25, 0.3) is 0 Å². The molecule has 0 atom stereocenters. The number of hydrogen-bond acceptors (Lipinski definition) is 2. The predicted molar refractivity (Wildman–Crippen MR) is 139 cm³/mol. The Bertz CT molecular complexity index is 1180. The maximum absolute atomic E-state index is 14.0. The Kier molecular flexibility index (Phi) is 7.51. The van der Waals surface area contributed by atoms with Gasteiger partial charge in [-0.15, -0.1) is 0 Å². The van der Waals surface area contributed by atoms with Crippen LogP contribution in [0.3, 0.4) is 0 Å². The number of aryl methyl sites for hydroxylation is 1. The zero-order valence-corrected chi connectivity index (χ0v) is 19.3. The second-order valence-corrected chi connectivity index (χ2v) is 8.02. The molecule has 4 heteroatoms. The Morgan fingerprint density at radius 3 is 1.47 bits per heavy atom. The van der Waals surface area contributed by atoms with Crippen LogP contribution >= 0.6 is 0 Å². The summed E-state index contributed by atoms with van der Waals surface area (Å²) in [5.41, 5.74) is 3.71. The van der Waals surface area contributed by atoms with Gasteiger partial charge in [0.05, 0.1) is 5.69 Å². The summed E-state index contributed by atoms with van der Waals surface area (Å²) in [4.78, 5) is 30.9. The van der Waals surface area contributed by atoms with E-state index in [4.69, 9.17) is 0 Å². The van der Waals surface area contributed by atoms with Gasteiger partial charge < -0.3 is 0 Å². The predicted octanol–water partition coefficient (Wildman–Crippen LogP) is 7.06. The molecule has 170 valence electrons. The largest absolute Gasteiger partial charge is 0.321 e. The summed E-state index contributed by atoms with van der Waals surface area (Å²) in [7, 11) is 0. The lowest BCUT2D eigenvalue weighted by molar-refractivity contribution is -0.135. The number of carbonyl (C=O) groups excluding carboxylic acids is 2. The fourth-order valence-electron chi connectivity index (χ4n) is 3.98. The van der Waals surface area contributed by atoms with E-state index in [0.29, 0.717) is 17.1 Å². The lowest BCUT2D eigenvalue weighted by Gasteiger charge is -2.29. The van der Waals surface area contributed by atoms with Crippen LogP contribution in [0.2, 0.25) is 0 Å². The average molecular weight is 449 g/mol. The number of carbonyl (C=O) groups is 2. The van der Waals surface area contributed by atoms with E-state index in [0.717, 1.165) is 30.5 Å². The topological polar surface area (TPSA) is 40.6 Å². The molecule has 0 unspecified atom stereocenters. The molecule has 2 amide bonds. The molecular weight excluding hydrogens is 420 g/mol. The van der Waals surface area contributed by atoms with Crippen molar-refractivity contribution in [1.29, 1.82) is 0 Å². The van der Waals surface area contributed by atoms with Crippen molar-refractivity contribution in [3.05, 3.63) is 121 Å². The van der Waals surface area contributed by atoms with Crippen LogP contribution in [0, 0.1) is 0 Å². The maximum atomic E-state index is 14.0. The Hall–Kier alpha value is -4.18. The van der Waals surface area contributed by atoms with Crippen molar-refractivity contribution in [2.24, 2.45) is 0 Å². The second kappa shape index (κ2) is 11.1. The number of amides is 2. The molecule has 4 rings (SSSR count). The van der Waals surface area contributed by atoms with E-state index in [1.807, 2.05) is 115 Å². The first-order valence-corrected chi connectivity index (χ1v) is 11.6. The van der Waals surface area contributed by atoms with Crippen molar-refractivity contribution in [3.8, 4) is 0 Å². The van der Waals surface area contributed by atoms with Gasteiger partial charge in [0.2, 0.25) is 0 Å². The van der Waals surface area contributed by atoms with Crippen molar-refractivity contribution < 1.29 is 9.59 Å². The van der Waals surface area contributed by atoms with E-state index in [9.17, 15) is 9.59 Å². The van der Waals surface area contributed by atoms with Crippen LogP contribution in [-0.4, -0.2) is 11.8 Å². The van der Waals surface area contributed by atoms with E-state index in [-0.39, 0.29) is 0 Å². The molecule has 4 aromatic carbocycles. The molecule has 0 aromatic heterocycles. The fraction of sp³-hybridized carbons (Fsp3) is 0.133. The van der Waals surface area contributed by atoms with Gasteiger partial charge in [0.25, 0.3) is 0 Å². The first-order chi connectivity index (χ1) is 16.7. The molecule has 0 bridgehead atoms. The molecule has 0 spiro atoms. The van der Waals surface area contributed by atoms with Gasteiger partial charge in [0.1, 0.15) is 0 Å². The normalized spacial score (nSPS) is 10.5. The summed E-state index contributed by atoms with van der Waals surface area (Å²) >= 11 is 0. The SMILES string of the molecule is CCCCc1ccccc1N(C(=O)C(=O)N(c1ccccc1)c1ccccc1)c1ccccc1. The lowest BCUT2D eigenvalue weighted by Crippen LogP contribution is -2.42. The molecule has 0 fully saturated rings. The van der Waals surface area contributed by atoms with Crippen LogP contribution in [0.5, 0.6) is 0 Å². The second-order valence-electron chi connectivity index (χ2n) is 8.02. The number of nitrogens with zero attached hydrogens (tertiary/aromatic N) is 2. The van der Waals surface area contributed by atoms with Crippen LogP contribution < -0.4 is 9.80 Å². The van der Waals surface area contributed by atoms with Gasteiger partial charge in [-0.3, -0.25) is 19.4 Å². The molecule has 4 nitrogen and oxygen atoms in total. The van der Waals surface area contributed by atoms with Crippen molar-refractivity contribution in [2.45, 2.75) is 26.2 Å². The molecule has 0 radical (unpaired) electrons. The number of hydrogen-bond donors (Lipinski definition) is 0. The highest BCUT2D eigenvalue weighted by molar-refractivity contribution is 6.47. The molecule has 0 aliphatic carbocycles. The van der Waals surface area contributed by atoms with Crippen LogP contribution in [0.1, 0.15) is 25.3 Å². The zero-order valence-electron chi connectivity index (χ0n) is 19.3. The molecule has 34 heavy (non-hydrogen) atoms. The van der Waals surface area contributed by atoms with E-state index >= 15 is 0 Å². The van der Waals surface area contributed by atoms with Crippen molar-refractivity contribution in [2.75, 3.05) is 9.80 Å². The smallest absolute Gasteiger partial charge is 0.273 e. The molecule has 0 N–H and O–H groups in total. The van der Waals surface area contributed by atoms with Crippen LogP contribution in [-0.2, 0) is 16.0 Å². The van der Waals surface area contributed by atoms with Crippen LogP contribution in [0.4, 0.5) is 22.7 Å².